The highest BCUT2D eigenvalue weighted by Crippen LogP contribution is 2.33. The number of amidine groups is 1. The Labute approximate surface area is 121 Å². The van der Waals surface area contributed by atoms with Gasteiger partial charge in [0.25, 0.3) is 5.76 Å². The first-order chi connectivity index (χ1) is 9.75. The van der Waals surface area contributed by atoms with Crippen LogP contribution in [0.5, 0.6) is 0 Å². The Morgan fingerprint density at radius 3 is 2.48 bits per heavy atom. The first kappa shape index (κ1) is 17.3. The molecule has 0 fully saturated rings. The first-order valence-electron chi connectivity index (χ1n) is 5.57. The SMILES string of the molecule is N/C(=N/O)C(CNc1ccccc1SC(F)F)C(F)(F)F. The van der Waals surface area contributed by atoms with Crippen LogP contribution in [0.2, 0.25) is 0 Å². The Bertz CT molecular complexity index is 495. The zero-order valence-electron chi connectivity index (χ0n) is 10.4. The highest BCUT2D eigenvalue weighted by atomic mass is 32.2. The molecule has 118 valence electrons. The van der Waals surface area contributed by atoms with Crippen LogP contribution in [0.15, 0.2) is 34.3 Å². The first-order valence-corrected chi connectivity index (χ1v) is 6.45. The molecule has 0 saturated heterocycles. The minimum atomic E-state index is -4.73. The topological polar surface area (TPSA) is 70.6 Å². The number of para-hydroxylation sites is 1. The number of halogens is 5. The highest BCUT2D eigenvalue weighted by Gasteiger charge is 2.42. The van der Waals surface area contributed by atoms with Crippen molar-refractivity contribution in [3.05, 3.63) is 24.3 Å². The third-order valence-corrected chi connectivity index (χ3v) is 3.26. The number of alkyl halides is 5. The van der Waals surface area contributed by atoms with Gasteiger partial charge in [0.05, 0.1) is 0 Å². The molecule has 0 heterocycles. The fourth-order valence-electron chi connectivity index (χ4n) is 1.48. The normalized spacial score (nSPS) is 14.3. The van der Waals surface area contributed by atoms with E-state index in [-0.39, 0.29) is 22.3 Å². The molecule has 1 rings (SSSR count). The Morgan fingerprint density at radius 2 is 1.95 bits per heavy atom. The molecule has 0 saturated carbocycles. The minimum absolute atomic E-state index is 0.105. The average Bonchev–Trinajstić information content (AvgIpc) is 2.38. The predicted molar refractivity (Wildman–Crippen MR) is 69.7 cm³/mol. The largest absolute Gasteiger partial charge is 0.409 e. The van der Waals surface area contributed by atoms with Gasteiger partial charge in [0, 0.05) is 17.1 Å². The molecule has 4 N–H and O–H groups in total. The molecule has 1 unspecified atom stereocenters. The van der Waals surface area contributed by atoms with Gasteiger partial charge in [0.1, 0.15) is 5.92 Å². The number of nitrogens with two attached hydrogens (primary N) is 1. The number of benzene rings is 1. The molecule has 0 radical (unpaired) electrons. The third kappa shape index (κ3) is 5.29. The summed E-state index contributed by atoms with van der Waals surface area (Å²) >= 11 is 0.210. The van der Waals surface area contributed by atoms with Crippen molar-refractivity contribution in [1.29, 1.82) is 0 Å². The Hall–Kier alpha value is -1.71. The number of oxime groups is 1. The summed E-state index contributed by atoms with van der Waals surface area (Å²) in [5.41, 5.74) is 5.11. The minimum Gasteiger partial charge on any atom is -0.409 e. The average molecular weight is 329 g/mol. The summed E-state index contributed by atoms with van der Waals surface area (Å²) in [5.74, 6) is -5.93. The van der Waals surface area contributed by atoms with Crippen molar-refractivity contribution in [3.8, 4) is 0 Å². The molecule has 0 bridgehead atoms. The fraction of sp³-hybridized carbons (Fsp3) is 0.364. The molecular formula is C11H12F5N3OS. The lowest BCUT2D eigenvalue weighted by Crippen LogP contribution is -2.40. The van der Waals surface area contributed by atoms with Gasteiger partial charge in [0.15, 0.2) is 5.84 Å². The number of nitrogens with one attached hydrogen (secondary N) is 1. The van der Waals surface area contributed by atoms with Gasteiger partial charge in [-0.2, -0.15) is 22.0 Å². The van der Waals surface area contributed by atoms with E-state index >= 15 is 0 Å². The molecule has 4 nitrogen and oxygen atoms in total. The van der Waals surface area contributed by atoms with Crippen molar-refractivity contribution in [2.45, 2.75) is 16.8 Å². The maximum Gasteiger partial charge on any atom is 0.400 e. The Kier molecular flexibility index (Phi) is 6.06. The predicted octanol–water partition coefficient (Wildman–Crippen LogP) is 3.34. The van der Waals surface area contributed by atoms with Gasteiger partial charge in [0.2, 0.25) is 0 Å². The van der Waals surface area contributed by atoms with Crippen LogP contribution in [-0.2, 0) is 0 Å². The van der Waals surface area contributed by atoms with E-state index in [0.717, 1.165) is 0 Å². The molecule has 21 heavy (non-hydrogen) atoms. The maximum absolute atomic E-state index is 12.7. The van der Waals surface area contributed by atoms with Crippen LogP contribution in [0.25, 0.3) is 0 Å². The van der Waals surface area contributed by atoms with Crippen molar-refractivity contribution in [1.82, 2.24) is 0 Å². The molecule has 0 aliphatic carbocycles. The maximum atomic E-state index is 12.7. The lowest BCUT2D eigenvalue weighted by Gasteiger charge is -2.20. The second-order valence-corrected chi connectivity index (χ2v) is 4.91. The van der Waals surface area contributed by atoms with E-state index < -0.39 is 30.2 Å². The second kappa shape index (κ2) is 7.34. The summed E-state index contributed by atoms with van der Waals surface area (Å²) in [6.45, 7) is -0.736. The van der Waals surface area contributed by atoms with E-state index in [1.54, 1.807) is 0 Å². The Balaban J connectivity index is 2.86. The third-order valence-electron chi connectivity index (χ3n) is 2.47. The van der Waals surface area contributed by atoms with E-state index in [1.807, 2.05) is 0 Å². The number of anilines is 1. The molecule has 1 atom stereocenters. The molecule has 0 aromatic heterocycles. The summed E-state index contributed by atoms with van der Waals surface area (Å²) < 4.78 is 62.9. The van der Waals surface area contributed by atoms with Gasteiger partial charge in [-0.25, -0.2) is 0 Å². The lowest BCUT2D eigenvalue weighted by molar-refractivity contribution is -0.152. The van der Waals surface area contributed by atoms with E-state index in [9.17, 15) is 22.0 Å². The van der Waals surface area contributed by atoms with Crippen molar-refractivity contribution < 1.29 is 27.2 Å². The van der Waals surface area contributed by atoms with Crippen molar-refractivity contribution in [2.75, 3.05) is 11.9 Å². The smallest absolute Gasteiger partial charge is 0.400 e. The highest BCUT2D eigenvalue weighted by molar-refractivity contribution is 7.99. The monoisotopic (exact) mass is 329 g/mol. The summed E-state index contributed by atoms with van der Waals surface area (Å²) in [7, 11) is 0. The molecular weight excluding hydrogens is 317 g/mol. The zero-order chi connectivity index (χ0) is 16.0. The van der Waals surface area contributed by atoms with Crippen LogP contribution in [0.3, 0.4) is 0 Å². The van der Waals surface area contributed by atoms with Gasteiger partial charge < -0.3 is 16.3 Å². The Morgan fingerprint density at radius 1 is 1.33 bits per heavy atom. The van der Waals surface area contributed by atoms with Crippen molar-refractivity contribution in [2.24, 2.45) is 16.8 Å². The summed E-state index contributed by atoms with van der Waals surface area (Å²) in [5, 5.41) is 13.1. The van der Waals surface area contributed by atoms with Crippen molar-refractivity contribution >= 4 is 23.3 Å². The van der Waals surface area contributed by atoms with Crippen LogP contribution in [0.4, 0.5) is 27.6 Å². The van der Waals surface area contributed by atoms with Crippen LogP contribution >= 0.6 is 11.8 Å². The van der Waals surface area contributed by atoms with Gasteiger partial charge in [-0.15, -0.1) is 0 Å². The summed E-state index contributed by atoms with van der Waals surface area (Å²) in [6.07, 6.45) is -4.73. The molecule has 0 aliphatic rings. The van der Waals surface area contributed by atoms with Crippen LogP contribution in [-0.4, -0.2) is 29.5 Å². The standard InChI is InChI=1S/C11H12F5N3OS/c12-10(13)21-8-4-2-1-3-7(8)18-5-6(9(17)19-20)11(14,15)16/h1-4,6,10,18,20H,5H2,(H2,17,19). The summed E-state index contributed by atoms with van der Waals surface area (Å²) in [4.78, 5) is 0.105. The van der Waals surface area contributed by atoms with Crippen LogP contribution < -0.4 is 11.1 Å². The molecule has 10 heteroatoms. The number of nitrogens with zero attached hydrogens (tertiary/aromatic N) is 1. The van der Waals surface area contributed by atoms with E-state index in [2.05, 4.69) is 10.5 Å². The van der Waals surface area contributed by atoms with Crippen molar-refractivity contribution in [3.63, 3.8) is 0 Å². The number of hydrogen-bond donors (Lipinski definition) is 3. The van der Waals surface area contributed by atoms with Gasteiger partial charge >= 0.3 is 6.18 Å². The van der Waals surface area contributed by atoms with Gasteiger partial charge in [-0.1, -0.05) is 29.1 Å². The van der Waals surface area contributed by atoms with Crippen LogP contribution in [0, 0.1) is 5.92 Å². The van der Waals surface area contributed by atoms with Gasteiger partial charge in [-0.3, -0.25) is 0 Å². The van der Waals surface area contributed by atoms with Crippen LogP contribution in [0.1, 0.15) is 0 Å². The quantitative estimate of drug-likeness (QED) is 0.187. The fourth-order valence-corrected chi connectivity index (χ4v) is 2.10. The van der Waals surface area contributed by atoms with E-state index in [0.29, 0.717) is 0 Å². The molecule has 0 amide bonds. The second-order valence-electron chi connectivity index (χ2n) is 3.87. The molecule has 1 aromatic carbocycles. The van der Waals surface area contributed by atoms with Gasteiger partial charge in [-0.05, 0) is 12.1 Å². The van der Waals surface area contributed by atoms with E-state index in [4.69, 9.17) is 10.9 Å². The number of rotatable bonds is 6. The number of hydrogen-bond acceptors (Lipinski definition) is 4. The molecule has 0 aliphatic heterocycles. The zero-order valence-corrected chi connectivity index (χ0v) is 11.3. The number of thioether (sulfide) groups is 1. The lowest BCUT2D eigenvalue weighted by atomic mass is 10.1. The summed E-state index contributed by atoms with van der Waals surface area (Å²) in [6, 6.07) is 5.69. The molecule has 0 spiro atoms. The molecule has 1 aromatic rings. The van der Waals surface area contributed by atoms with E-state index in [1.165, 1.54) is 24.3 Å².